The molecule has 98 valence electrons. The van der Waals surface area contributed by atoms with Crippen LogP contribution < -0.4 is 5.73 Å². The number of carbonyl (C=O) groups is 1. The molecule has 1 saturated carbocycles. The van der Waals surface area contributed by atoms with Gasteiger partial charge in [0.1, 0.15) is 6.04 Å². The molecule has 1 aliphatic carbocycles. The van der Waals surface area contributed by atoms with Gasteiger partial charge in [0.25, 0.3) is 0 Å². The van der Waals surface area contributed by atoms with Crippen LogP contribution in [0.1, 0.15) is 32.1 Å². The highest BCUT2D eigenvalue weighted by atomic mass is 16.5. The summed E-state index contributed by atoms with van der Waals surface area (Å²) < 4.78 is 4.95. The van der Waals surface area contributed by atoms with Crippen LogP contribution in [-0.4, -0.2) is 43.7 Å². The Morgan fingerprint density at radius 2 is 2.06 bits per heavy atom. The van der Waals surface area contributed by atoms with Crippen molar-refractivity contribution in [3.63, 3.8) is 0 Å². The summed E-state index contributed by atoms with van der Waals surface area (Å²) in [5.74, 6) is 1.64. The van der Waals surface area contributed by atoms with Crippen molar-refractivity contribution < 1.29 is 9.53 Å². The largest absolute Gasteiger partial charge is 0.383 e. The van der Waals surface area contributed by atoms with Crippen LogP contribution in [-0.2, 0) is 9.53 Å². The van der Waals surface area contributed by atoms with E-state index in [-0.39, 0.29) is 5.91 Å². The summed E-state index contributed by atoms with van der Waals surface area (Å²) in [6.07, 6.45) is 6.51. The zero-order valence-electron chi connectivity index (χ0n) is 10.7. The molecule has 0 bridgehead atoms. The number of amides is 1. The fraction of sp³-hybridized carbons (Fsp3) is 0.923. The van der Waals surface area contributed by atoms with E-state index in [1.54, 1.807) is 7.11 Å². The highest BCUT2D eigenvalue weighted by Crippen LogP contribution is 2.36. The topological polar surface area (TPSA) is 55.6 Å². The molecule has 2 rings (SSSR count). The molecule has 0 spiro atoms. The summed E-state index contributed by atoms with van der Waals surface area (Å²) in [7, 11) is 1.58. The summed E-state index contributed by atoms with van der Waals surface area (Å²) in [5.41, 5.74) is 5.81. The first-order valence-electron chi connectivity index (χ1n) is 6.75. The van der Waals surface area contributed by atoms with Gasteiger partial charge >= 0.3 is 0 Å². The second-order valence-electron chi connectivity index (χ2n) is 5.44. The van der Waals surface area contributed by atoms with Crippen LogP contribution in [0, 0.1) is 11.8 Å². The molecule has 0 aromatic heterocycles. The van der Waals surface area contributed by atoms with Gasteiger partial charge in [0, 0.05) is 20.2 Å². The van der Waals surface area contributed by atoms with E-state index in [0.717, 1.165) is 31.3 Å². The van der Waals surface area contributed by atoms with Crippen molar-refractivity contribution in [1.82, 2.24) is 4.90 Å². The number of nitrogens with two attached hydrogens (primary N) is 1. The van der Waals surface area contributed by atoms with Crippen molar-refractivity contribution in [3.05, 3.63) is 0 Å². The first-order valence-corrected chi connectivity index (χ1v) is 6.75. The zero-order chi connectivity index (χ0) is 12.3. The quantitative estimate of drug-likeness (QED) is 0.800. The van der Waals surface area contributed by atoms with Crippen molar-refractivity contribution in [2.45, 2.75) is 38.1 Å². The maximum absolute atomic E-state index is 12.1. The Morgan fingerprint density at radius 1 is 1.35 bits per heavy atom. The van der Waals surface area contributed by atoms with Crippen molar-refractivity contribution in [2.24, 2.45) is 17.6 Å². The molecule has 1 saturated heterocycles. The normalized spacial score (nSPS) is 30.8. The second kappa shape index (κ2) is 5.83. The Balaban J connectivity index is 1.88. The molecule has 0 aromatic carbocycles. The van der Waals surface area contributed by atoms with E-state index in [1.807, 2.05) is 4.90 Å². The van der Waals surface area contributed by atoms with Gasteiger partial charge in [-0.25, -0.2) is 0 Å². The molecule has 1 amide bonds. The number of fused-ring (bicyclic) bond motifs is 1. The minimum Gasteiger partial charge on any atom is -0.383 e. The minimum atomic E-state index is -0.486. The molecule has 2 N–H and O–H groups in total. The lowest BCUT2D eigenvalue weighted by Crippen LogP contribution is -2.51. The predicted octanol–water partition coefficient (Wildman–Crippen LogP) is 0.999. The first-order chi connectivity index (χ1) is 8.22. The van der Waals surface area contributed by atoms with Crippen LogP contribution in [0.4, 0.5) is 0 Å². The van der Waals surface area contributed by atoms with E-state index in [0.29, 0.717) is 6.61 Å². The third-order valence-corrected chi connectivity index (χ3v) is 4.27. The van der Waals surface area contributed by atoms with Gasteiger partial charge in [0.05, 0.1) is 6.61 Å². The van der Waals surface area contributed by atoms with Gasteiger partial charge in [-0.3, -0.25) is 4.79 Å². The number of hydrogen-bond donors (Lipinski definition) is 1. The third-order valence-electron chi connectivity index (χ3n) is 4.27. The molecular weight excluding hydrogens is 216 g/mol. The van der Waals surface area contributed by atoms with E-state index in [4.69, 9.17) is 10.5 Å². The molecule has 17 heavy (non-hydrogen) atoms. The molecule has 4 nitrogen and oxygen atoms in total. The average molecular weight is 240 g/mol. The Labute approximate surface area is 103 Å². The Hall–Kier alpha value is -0.610. The number of hydrogen-bond acceptors (Lipinski definition) is 3. The van der Waals surface area contributed by atoms with E-state index in [1.165, 1.54) is 25.7 Å². The molecule has 1 heterocycles. The molecule has 0 radical (unpaired) electrons. The monoisotopic (exact) mass is 240 g/mol. The first kappa shape index (κ1) is 12.8. The lowest BCUT2D eigenvalue weighted by Gasteiger charge is -2.41. The predicted molar refractivity (Wildman–Crippen MR) is 66.5 cm³/mol. The fourth-order valence-electron chi connectivity index (χ4n) is 3.29. The van der Waals surface area contributed by atoms with Crippen LogP contribution >= 0.6 is 0 Å². The van der Waals surface area contributed by atoms with Crippen LogP contribution in [0.25, 0.3) is 0 Å². The number of carbonyl (C=O) groups excluding carboxylic acids is 1. The average Bonchev–Trinajstić information content (AvgIpc) is 2.37. The number of methoxy groups -OCH3 is 1. The van der Waals surface area contributed by atoms with Crippen molar-refractivity contribution in [3.8, 4) is 0 Å². The van der Waals surface area contributed by atoms with Gasteiger partial charge in [-0.05, 0) is 24.7 Å². The van der Waals surface area contributed by atoms with Crippen LogP contribution in [0.15, 0.2) is 0 Å². The number of likely N-dealkylation sites (tertiary alicyclic amines) is 1. The van der Waals surface area contributed by atoms with Gasteiger partial charge in [-0.15, -0.1) is 0 Å². The maximum atomic E-state index is 12.1. The number of rotatable bonds is 3. The molecular formula is C13H24N2O2. The molecule has 2 aliphatic rings. The summed E-state index contributed by atoms with van der Waals surface area (Å²) in [6, 6.07) is -0.486. The number of piperidine rings is 1. The molecule has 4 heteroatoms. The summed E-state index contributed by atoms with van der Waals surface area (Å²) in [4.78, 5) is 14.0. The van der Waals surface area contributed by atoms with Crippen molar-refractivity contribution >= 4 is 5.91 Å². The SMILES string of the molecule is COCC(N)C(=O)N1CCC2CCCCC2C1. The maximum Gasteiger partial charge on any atom is 0.241 e. The van der Waals surface area contributed by atoms with Crippen molar-refractivity contribution in [2.75, 3.05) is 26.8 Å². The summed E-state index contributed by atoms with van der Waals surface area (Å²) in [6.45, 7) is 2.13. The van der Waals surface area contributed by atoms with Crippen LogP contribution in [0.5, 0.6) is 0 Å². The van der Waals surface area contributed by atoms with E-state index < -0.39 is 6.04 Å². The smallest absolute Gasteiger partial charge is 0.241 e. The Kier molecular flexibility index (Phi) is 4.40. The third kappa shape index (κ3) is 2.99. The molecule has 3 atom stereocenters. The van der Waals surface area contributed by atoms with E-state index in [2.05, 4.69) is 0 Å². The van der Waals surface area contributed by atoms with E-state index in [9.17, 15) is 4.79 Å². The highest BCUT2D eigenvalue weighted by Gasteiger charge is 2.34. The zero-order valence-corrected chi connectivity index (χ0v) is 10.7. The molecule has 1 aliphatic heterocycles. The van der Waals surface area contributed by atoms with Gasteiger partial charge < -0.3 is 15.4 Å². The van der Waals surface area contributed by atoms with Gasteiger partial charge in [0.2, 0.25) is 5.91 Å². The standard InChI is InChI=1S/C13H24N2O2/c1-17-9-12(14)13(16)15-7-6-10-4-2-3-5-11(10)8-15/h10-12H,2-9,14H2,1H3. The number of nitrogens with zero attached hydrogens (tertiary/aromatic N) is 1. The lowest BCUT2D eigenvalue weighted by molar-refractivity contribution is -0.136. The summed E-state index contributed by atoms with van der Waals surface area (Å²) in [5, 5.41) is 0. The van der Waals surface area contributed by atoms with Crippen LogP contribution in [0.3, 0.4) is 0 Å². The number of ether oxygens (including phenoxy) is 1. The highest BCUT2D eigenvalue weighted by molar-refractivity contribution is 5.81. The van der Waals surface area contributed by atoms with Crippen molar-refractivity contribution in [1.29, 1.82) is 0 Å². The van der Waals surface area contributed by atoms with E-state index >= 15 is 0 Å². The van der Waals surface area contributed by atoms with Crippen LogP contribution in [0.2, 0.25) is 0 Å². The lowest BCUT2D eigenvalue weighted by atomic mass is 9.75. The Bertz CT molecular complexity index is 270. The fourth-order valence-corrected chi connectivity index (χ4v) is 3.29. The van der Waals surface area contributed by atoms with Gasteiger partial charge in [0.15, 0.2) is 0 Å². The molecule has 2 fully saturated rings. The molecule has 3 unspecified atom stereocenters. The Morgan fingerprint density at radius 3 is 2.76 bits per heavy atom. The second-order valence-corrected chi connectivity index (χ2v) is 5.44. The van der Waals surface area contributed by atoms with Gasteiger partial charge in [-0.2, -0.15) is 0 Å². The summed E-state index contributed by atoms with van der Waals surface area (Å²) >= 11 is 0. The molecule has 0 aromatic rings. The minimum absolute atomic E-state index is 0.0656. The van der Waals surface area contributed by atoms with Gasteiger partial charge in [-0.1, -0.05) is 19.3 Å².